The first-order valence-corrected chi connectivity index (χ1v) is 10.9. The number of ether oxygens (including phenoxy) is 1. The number of hydrogen-bond acceptors (Lipinski definition) is 8. The van der Waals surface area contributed by atoms with Crippen LogP contribution in [0.2, 0.25) is 0 Å². The maximum atomic E-state index is 12.3. The average molecular weight is 458 g/mol. The summed E-state index contributed by atoms with van der Waals surface area (Å²) in [6.45, 7) is 4.73. The van der Waals surface area contributed by atoms with Gasteiger partial charge in [0, 0.05) is 12.2 Å². The first-order chi connectivity index (χ1) is 15.5. The zero-order valence-corrected chi connectivity index (χ0v) is 18.5. The van der Waals surface area contributed by atoms with E-state index in [1.165, 1.54) is 18.0 Å². The van der Waals surface area contributed by atoms with Crippen LogP contribution in [0.25, 0.3) is 0 Å². The number of aromatic nitrogens is 3. The number of carbonyl (C=O) groups excluding carboxylic acids is 3. The standard InChI is InChI=1S/C21H23N5O5S/c1-3-26-17(12-22-19(28)16-6-5-11-31-16)24-25-21(26)32-13-18(27)23-15-9-7-14(8-10-15)20(29)30-4-2/h5-11H,3-4,12-13H2,1-2H3,(H,22,28)(H,23,27). The normalized spacial score (nSPS) is 10.6. The second kappa shape index (κ2) is 11.1. The zero-order valence-electron chi connectivity index (χ0n) is 17.7. The Morgan fingerprint density at radius 1 is 1.12 bits per heavy atom. The minimum Gasteiger partial charge on any atom is -0.462 e. The predicted molar refractivity (Wildman–Crippen MR) is 117 cm³/mol. The molecule has 2 aromatic heterocycles. The molecule has 0 aliphatic carbocycles. The van der Waals surface area contributed by atoms with E-state index in [0.717, 1.165) is 0 Å². The summed E-state index contributed by atoms with van der Waals surface area (Å²) < 4.78 is 11.8. The van der Waals surface area contributed by atoms with E-state index in [4.69, 9.17) is 9.15 Å². The summed E-state index contributed by atoms with van der Waals surface area (Å²) in [5, 5.41) is 14.3. The van der Waals surface area contributed by atoms with Crippen molar-refractivity contribution in [3.8, 4) is 0 Å². The number of nitrogens with zero attached hydrogens (tertiary/aromatic N) is 3. The van der Waals surface area contributed by atoms with Crippen LogP contribution in [0.3, 0.4) is 0 Å². The second-order valence-electron chi connectivity index (χ2n) is 6.44. The second-order valence-corrected chi connectivity index (χ2v) is 7.38. The number of carbonyl (C=O) groups is 3. The highest BCUT2D eigenvalue weighted by Crippen LogP contribution is 2.18. The van der Waals surface area contributed by atoms with Crippen LogP contribution in [0.15, 0.2) is 52.2 Å². The Bertz CT molecular complexity index is 1060. The van der Waals surface area contributed by atoms with Crippen molar-refractivity contribution in [1.29, 1.82) is 0 Å². The van der Waals surface area contributed by atoms with E-state index in [0.29, 0.717) is 35.4 Å². The van der Waals surface area contributed by atoms with Gasteiger partial charge in [0.1, 0.15) is 0 Å². The fraction of sp³-hybridized carbons (Fsp3) is 0.286. The van der Waals surface area contributed by atoms with Crippen LogP contribution in [0, 0.1) is 0 Å². The number of furan rings is 1. The molecule has 0 unspecified atom stereocenters. The molecule has 1 aromatic carbocycles. The van der Waals surface area contributed by atoms with Gasteiger partial charge < -0.3 is 24.4 Å². The first-order valence-electron chi connectivity index (χ1n) is 9.95. The van der Waals surface area contributed by atoms with Crippen molar-refractivity contribution in [1.82, 2.24) is 20.1 Å². The molecule has 10 nitrogen and oxygen atoms in total. The van der Waals surface area contributed by atoms with Crippen molar-refractivity contribution in [2.24, 2.45) is 0 Å². The van der Waals surface area contributed by atoms with E-state index >= 15 is 0 Å². The number of benzene rings is 1. The number of thioether (sulfide) groups is 1. The van der Waals surface area contributed by atoms with E-state index in [1.807, 2.05) is 11.5 Å². The average Bonchev–Trinajstić information content (AvgIpc) is 3.46. The summed E-state index contributed by atoms with van der Waals surface area (Å²) in [6.07, 6.45) is 1.43. The van der Waals surface area contributed by atoms with Gasteiger partial charge in [-0.05, 0) is 50.2 Å². The molecule has 0 aliphatic heterocycles. The minimum atomic E-state index is -0.406. The van der Waals surface area contributed by atoms with Gasteiger partial charge in [-0.2, -0.15) is 0 Å². The van der Waals surface area contributed by atoms with Crippen molar-refractivity contribution in [3.63, 3.8) is 0 Å². The smallest absolute Gasteiger partial charge is 0.338 e. The quantitative estimate of drug-likeness (QED) is 0.351. The molecule has 2 N–H and O–H groups in total. The third kappa shape index (κ3) is 5.97. The first kappa shape index (κ1) is 23.1. The summed E-state index contributed by atoms with van der Waals surface area (Å²) in [5.74, 6) is -0.0633. The summed E-state index contributed by atoms with van der Waals surface area (Å²) in [6, 6.07) is 9.68. The largest absolute Gasteiger partial charge is 0.462 e. The Labute approximate surface area is 188 Å². The summed E-state index contributed by atoms with van der Waals surface area (Å²) in [5.41, 5.74) is 0.990. The van der Waals surface area contributed by atoms with Crippen LogP contribution in [0.5, 0.6) is 0 Å². The highest BCUT2D eigenvalue weighted by molar-refractivity contribution is 7.99. The lowest BCUT2D eigenvalue weighted by molar-refractivity contribution is -0.113. The Kier molecular flexibility index (Phi) is 8.03. The lowest BCUT2D eigenvalue weighted by Crippen LogP contribution is -2.24. The van der Waals surface area contributed by atoms with Gasteiger partial charge in [0.2, 0.25) is 5.91 Å². The Morgan fingerprint density at radius 2 is 1.91 bits per heavy atom. The summed E-state index contributed by atoms with van der Waals surface area (Å²) in [7, 11) is 0. The van der Waals surface area contributed by atoms with Crippen molar-refractivity contribution < 1.29 is 23.5 Å². The number of anilines is 1. The molecular weight excluding hydrogens is 434 g/mol. The topological polar surface area (TPSA) is 128 Å². The van der Waals surface area contributed by atoms with Gasteiger partial charge in [-0.25, -0.2) is 4.79 Å². The highest BCUT2D eigenvalue weighted by atomic mass is 32.2. The van der Waals surface area contributed by atoms with E-state index in [2.05, 4.69) is 20.8 Å². The zero-order chi connectivity index (χ0) is 22.9. The Morgan fingerprint density at radius 3 is 2.56 bits per heavy atom. The Hall–Kier alpha value is -3.60. The van der Waals surface area contributed by atoms with Crippen LogP contribution >= 0.6 is 11.8 Å². The van der Waals surface area contributed by atoms with Crippen molar-refractivity contribution >= 4 is 35.2 Å². The molecule has 2 amide bonds. The number of amides is 2. The maximum absolute atomic E-state index is 12.3. The minimum absolute atomic E-state index is 0.122. The molecule has 0 spiro atoms. The predicted octanol–water partition coefficient (Wildman–Crippen LogP) is 2.73. The fourth-order valence-electron chi connectivity index (χ4n) is 2.76. The molecule has 0 atom stereocenters. The van der Waals surface area contributed by atoms with Crippen LogP contribution in [0.4, 0.5) is 5.69 Å². The number of nitrogens with one attached hydrogen (secondary N) is 2. The maximum Gasteiger partial charge on any atom is 0.338 e. The summed E-state index contributed by atoms with van der Waals surface area (Å²) in [4.78, 5) is 36.0. The molecular formula is C21H23N5O5S. The van der Waals surface area contributed by atoms with Gasteiger partial charge >= 0.3 is 5.97 Å². The highest BCUT2D eigenvalue weighted by Gasteiger charge is 2.15. The molecule has 168 valence electrons. The number of hydrogen-bond donors (Lipinski definition) is 2. The number of rotatable bonds is 10. The van der Waals surface area contributed by atoms with Gasteiger partial charge in [0.25, 0.3) is 5.91 Å². The van der Waals surface area contributed by atoms with Gasteiger partial charge in [-0.1, -0.05) is 11.8 Å². The van der Waals surface area contributed by atoms with E-state index in [9.17, 15) is 14.4 Å². The summed E-state index contributed by atoms with van der Waals surface area (Å²) >= 11 is 1.24. The molecule has 3 rings (SSSR count). The molecule has 0 saturated carbocycles. The lowest BCUT2D eigenvalue weighted by Gasteiger charge is -2.08. The van der Waals surface area contributed by atoms with Crippen LogP contribution in [-0.4, -0.2) is 44.9 Å². The Balaban J connectivity index is 1.52. The lowest BCUT2D eigenvalue weighted by atomic mass is 10.2. The van der Waals surface area contributed by atoms with Crippen molar-refractivity contribution in [2.45, 2.75) is 32.1 Å². The third-order valence-electron chi connectivity index (χ3n) is 4.27. The fourth-order valence-corrected chi connectivity index (χ4v) is 3.58. The van der Waals surface area contributed by atoms with Crippen LogP contribution in [-0.2, 0) is 22.6 Å². The molecule has 2 heterocycles. The van der Waals surface area contributed by atoms with E-state index in [-0.39, 0.29) is 29.9 Å². The van der Waals surface area contributed by atoms with Gasteiger partial charge in [-0.3, -0.25) is 9.59 Å². The van der Waals surface area contributed by atoms with Crippen LogP contribution in [0.1, 0.15) is 40.6 Å². The third-order valence-corrected chi connectivity index (χ3v) is 5.24. The molecule has 0 saturated heterocycles. The van der Waals surface area contributed by atoms with Crippen molar-refractivity contribution in [3.05, 3.63) is 59.8 Å². The van der Waals surface area contributed by atoms with E-state index in [1.54, 1.807) is 43.3 Å². The molecule has 0 radical (unpaired) electrons. The monoisotopic (exact) mass is 457 g/mol. The molecule has 11 heteroatoms. The van der Waals surface area contributed by atoms with Crippen molar-refractivity contribution in [2.75, 3.05) is 17.7 Å². The van der Waals surface area contributed by atoms with E-state index < -0.39 is 5.97 Å². The molecule has 0 aliphatic rings. The number of esters is 1. The van der Waals surface area contributed by atoms with Crippen LogP contribution < -0.4 is 10.6 Å². The molecule has 3 aromatic rings. The SMILES string of the molecule is CCOC(=O)c1ccc(NC(=O)CSc2nnc(CNC(=O)c3ccco3)n2CC)cc1. The van der Waals surface area contributed by atoms with Gasteiger partial charge in [-0.15, -0.1) is 10.2 Å². The molecule has 32 heavy (non-hydrogen) atoms. The molecule has 0 fully saturated rings. The van der Waals surface area contributed by atoms with Gasteiger partial charge in [0.05, 0.1) is 30.7 Å². The molecule has 0 bridgehead atoms. The van der Waals surface area contributed by atoms with Gasteiger partial charge in [0.15, 0.2) is 16.7 Å².